The molecule has 0 bridgehead atoms. The Hall–Kier alpha value is -3.30. The average molecular weight is 413 g/mol. The van der Waals surface area contributed by atoms with Crippen LogP contribution in [0.2, 0.25) is 0 Å². The van der Waals surface area contributed by atoms with E-state index in [1.165, 1.54) is 30.6 Å². The van der Waals surface area contributed by atoms with Gasteiger partial charge in [0.1, 0.15) is 5.00 Å². The SMILES string of the molecule is COC(=O)c1cc(-c2ccccc2)sc1NC(=S)Nc1ccc([N+](=O)[O-])cc1. The zero-order chi connectivity index (χ0) is 20.1. The Labute approximate surface area is 170 Å². The van der Waals surface area contributed by atoms with Gasteiger partial charge in [-0.1, -0.05) is 30.3 Å². The second kappa shape index (κ2) is 8.59. The number of hydrogen-bond acceptors (Lipinski definition) is 6. The molecule has 0 saturated carbocycles. The zero-order valence-electron chi connectivity index (χ0n) is 14.7. The Bertz CT molecular complexity index is 1020. The van der Waals surface area contributed by atoms with E-state index in [0.717, 1.165) is 10.4 Å². The van der Waals surface area contributed by atoms with Crippen LogP contribution in [0.5, 0.6) is 0 Å². The number of methoxy groups -OCH3 is 1. The molecule has 2 N–H and O–H groups in total. The summed E-state index contributed by atoms with van der Waals surface area (Å²) in [5.74, 6) is -0.473. The minimum absolute atomic E-state index is 0.0110. The van der Waals surface area contributed by atoms with E-state index in [-0.39, 0.29) is 10.8 Å². The van der Waals surface area contributed by atoms with E-state index in [0.29, 0.717) is 16.3 Å². The number of nitrogens with one attached hydrogen (secondary N) is 2. The van der Waals surface area contributed by atoms with Crippen molar-refractivity contribution in [1.29, 1.82) is 0 Å². The molecule has 0 spiro atoms. The van der Waals surface area contributed by atoms with Crippen molar-refractivity contribution < 1.29 is 14.5 Å². The van der Waals surface area contributed by atoms with Crippen molar-refractivity contribution in [2.24, 2.45) is 0 Å². The molecule has 0 aliphatic heterocycles. The molecule has 0 aliphatic rings. The van der Waals surface area contributed by atoms with Crippen molar-refractivity contribution in [2.45, 2.75) is 0 Å². The molecular formula is C19H15N3O4S2. The van der Waals surface area contributed by atoms with Crippen molar-refractivity contribution in [3.63, 3.8) is 0 Å². The first-order chi connectivity index (χ1) is 13.5. The van der Waals surface area contributed by atoms with Crippen LogP contribution >= 0.6 is 23.6 Å². The Morgan fingerprint density at radius 2 is 1.79 bits per heavy atom. The van der Waals surface area contributed by atoms with Gasteiger partial charge in [-0.2, -0.15) is 0 Å². The number of carbonyl (C=O) groups excluding carboxylic acids is 1. The van der Waals surface area contributed by atoms with Crippen molar-refractivity contribution in [3.8, 4) is 10.4 Å². The number of anilines is 2. The number of esters is 1. The van der Waals surface area contributed by atoms with Crippen LogP contribution < -0.4 is 10.6 Å². The van der Waals surface area contributed by atoms with E-state index < -0.39 is 10.9 Å². The van der Waals surface area contributed by atoms with E-state index in [4.69, 9.17) is 17.0 Å². The Kier molecular flexibility index (Phi) is 5.97. The van der Waals surface area contributed by atoms with Gasteiger partial charge in [0.15, 0.2) is 5.11 Å². The molecular weight excluding hydrogens is 398 g/mol. The molecule has 3 rings (SSSR count). The summed E-state index contributed by atoms with van der Waals surface area (Å²) < 4.78 is 4.86. The van der Waals surface area contributed by atoms with Crippen LogP contribution in [0.1, 0.15) is 10.4 Å². The number of benzene rings is 2. The smallest absolute Gasteiger partial charge is 0.340 e. The summed E-state index contributed by atoms with van der Waals surface area (Å²) in [6, 6.07) is 17.3. The maximum atomic E-state index is 12.1. The molecule has 0 amide bonds. The lowest BCUT2D eigenvalue weighted by Gasteiger charge is -2.10. The molecule has 3 aromatic rings. The topological polar surface area (TPSA) is 93.5 Å². The van der Waals surface area contributed by atoms with Gasteiger partial charge in [0, 0.05) is 22.7 Å². The summed E-state index contributed by atoms with van der Waals surface area (Å²) in [5, 5.41) is 17.5. The molecule has 1 aromatic heterocycles. The number of nitrogens with zero attached hydrogens (tertiary/aromatic N) is 1. The van der Waals surface area contributed by atoms with E-state index in [2.05, 4.69) is 10.6 Å². The number of nitro benzene ring substituents is 1. The lowest BCUT2D eigenvalue weighted by Crippen LogP contribution is -2.19. The Morgan fingerprint density at radius 1 is 1.11 bits per heavy atom. The van der Waals surface area contributed by atoms with Gasteiger partial charge >= 0.3 is 5.97 Å². The van der Waals surface area contributed by atoms with Crippen molar-refractivity contribution >= 4 is 51.0 Å². The summed E-state index contributed by atoms with van der Waals surface area (Å²) in [5.41, 5.74) is 1.92. The number of thiophene rings is 1. The van der Waals surface area contributed by atoms with Gasteiger partial charge in [0.2, 0.25) is 0 Å². The second-order valence-electron chi connectivity index (χ2n) is 5.59. The molecule has 28 heavy (non-hydrogen) atoms. The van der Waals surface area contributed by atoms with Crippen LogP contribution in [-0.2, 0) is 4.74 Å². The van der Waals surface area contributed by atoms with Gasteiger partial charge in [-0.25, -0.2) is 4.79 Å². The third-order valence-electron chi connectivity index (χ3n) is 3.76. The number of thiocarbonyl (C=S) groups is 1. The molecule has 0 saturated heterocycles. The molecule has 142 valence electrons. The lowest BCUT2D eigenvalue weighted by molar-refractivity contribution is -0.384. The van der Waals surface area contributed by atoms with Gasteiger partial charge < -0.3 is 15.4 Å². The number of hydrogen-bond donors (Lipinski definition) is 2. The molecule has 2 aromatic carbocycles. The van der Waals surface area contributed by atoms with E-state index in [1.807, 2.05) is 30.3 Å². The molecule has 0 unspecified atom stereocenters. The Morgan fingerprint density at radius 3 is 2.39 bits per heavy atom. The van der Waals surface area contributed by atoms with Crippen LogP contribution in [0.4, 0.5) is 16.4 Å². The normalized spacial score (nSPS) is 10.2. The molecule has 7 nitrogen and oxygen atoms in total. The van der Waals surface area contributed by atoms with E-state index in [9.17, 15) is 14.9 Å². The van der Waals surface area contributed by atoms with Crippen LogP contribution in [0.15, 0.2) is 60.7 Å². The van der Waals surface area contributed by atoms with Gasteiger partial charge in [0.05, 0.1) is 17.6 Å². The van der Waals surface area contributed by atoms with Gasteiger partial charge in [0.25, 0.3) is 5.69 Å². The van der Waals surface area contributed by atoms with Crippen LogP contribution in [-0.4, -0.2) is 23.1 Å². The molecule has 9 heteroatoms. The fraction of sp³-hybridized carbons (Fsp3) is 0.0526. The summed E-state index contributed by atoms with van der Waals surface area (Å²) in [6.07, 6.45) is 0. The largest absolute Gasteiger partial charge is 0.465 e. The number of carbonyl (C=O) groups is 1. The van der Waals surface area contributed by atoms with Crippen molar-refractivity contribution in [1.82, 2.24) is 0 Å². The summed E-state index contributed by atoms with van der Waals surface area (Å²) in [6.45, 7) is 0. The van der Waals surface area contributed by atoms with Gasteiger partial charge in [-0.3, -0.25) is 10.1 Å². The van der Waals surface area contributed by atoms with Gasteiger partial charge in [-0.05, 0) is 36.0 Å². The standard InChI is InChI=1S/C19H15N3O4S2/c1-26-18(23)15-11-16(12-5-3-2-4-6-12)28-17(15)21-19(27)20-13-7-9-14(10-8-13)22(24)25/h2-11H,1H3,(H2,20,21,27). The fourth-order valence-corrected chi connectivity index (χ4v) is 3.76. The highest BCUT2D eigenvalue weighted by atomic mass is 32.1. The maximum Gasteiger partial charge on any atom is 0.340 e. The molecule has 0 aliphatic carbocycles. The first-order valence-corrected chi connectivity index (χ1v) is 9.30. The van der Waals surface area contributed by atoms with E-state index >= 15 is 0 Å². The minimum Gasteiger partial charge on any atom is -0.465 e. The quantitative estimate of drug-likeness (QED) is 0.265. The van der Waals surface area contributed by atoms with Crippen LogP contribution in [0.25, 0.3) is 10.4 Å². The van der Waals surface area contributed by atoms with Crippen molar-refractivity contribution in [2.75, 3.05) is 17.7 Å². The highest BCUT2D eigenvalue weighted by molar-refractivity contribution is 7.80. The number of ether oxygens (including phenoxy) is 1. The molecule has 0 atom stereocenters. The molecule has 0 radical (unpaired) electrons. The van der Waals surface area contributed by atoms with E-state index in [1.54, 1.807) is 18.2 Å². The maximum absolute atomic E-state index is 12.1. The minimum atomic E-state index is -0.473. The highest BCUT2D eigenvalue weighted by Gasteiger charge is 2.18. The number of non-ortho nitro benzene ring substituents is 1. The predicted octanol–water partition coefficient (Wildman–Crippen LogP) is 4.92. The lowest BCUT2D eigenvalue weighted by atomic mass is 10.1. The van der Waals surface area contributed by atoms with Crippen LogP contribution in [0.3, 0.4) is 0 Å². The first-order valence-electron chi connectivity index (χ1n) is 8.08. The zero-order valence-corrected chi connectivity index (χ0v) is 16.3. The van der Waals surface area contributed by atoms with Crippen LogP contribution in [0, 0.1) is 10.1 Å². The number of rotatable bonds is 5. The summed E-state index contributed by atoms with van der Waals surface area (Å²) in [7, 11) is 1.32. The number of nitro groups is 1. The first kappa shape index (κ1) is 19.5. The van der Waals surface area contributed by atoms with Gasteiger partial charge in [-0.15, -0.1) is 11.3 Å². The Balaban J connectivity index is 1.80. The third kappa shape index (κ3) is 4.51. The fourth-order valence-electron chi connectivity index (χ4n) is 2.42. The summed E-state index contributed by atoms with van der Waals surface area (Å²) >= 11 is 6.68. The second-order valence-corrected chi connectivity index (χ2v) is 7.05. The average Bonchev–Trinajstić information content (AvgIpc) is 3.12. The third-order valence-corrected chi connectivity index (χ3v) is 5.06. The summed E-state index contributed by atoms with van der Waals surface area (Å²) in [4.78, 5) is 23.3. The van der Waals surface area contributed by atoms with Crippen molar-refractivity contribution in [3.05, 3.63) is 76.3 Å². The molecule has 0 fully saturated rings. The monoisotopic (exact) mass is 413 g/mol. The predicted molar refractivity (Wildman–Crippen MR) is 114 cm³/mol. The highest BCUT2D eigenvalue weighted by Crippen LogP contribution is 2.36. The molecule has 1 heterocycles.